The summed E-state index contributed by atoms with van der Waals surface area (Å²) in [5.41, 5.74) is 0.999. The molecular weight excluding hydrogens is 470 g/mol. The maximum absolute atomic E-state index is 13.7. The minimum absolute atomic E-state index is 0.337. The minimum atomic E-state index is -0.975. The van der Waals surface area contributed by atoms with Gasteiger partial charge in [-0.1, -0.05) is 95.0 Å². The molecule has 7 nitrogen and oxygen atoms in total. The number of hydrogen-bond acceptors (Lipinski definition) is 5. The molecule has 1 amide bonds. The van der Waals surface area contributed by atoms with Crippen LogP contribution in [0.3, 0.4) is 0 Å². The van der Waals surface area contributed by atoms with Crippen LogP contribution in [-0.4, -0.2) is 38.3 Å². The molecule has 2 rings (SSSR count). The molecule has 2 unspecified atom stereocenters. The molecule has 0 spiro atoms. The van der Waals surface area contributed by atoms with Crippen LogP contribution in [0.1, 0.15) is 82.6 Å². The van der Waals surface area contributed by atoms with Crippen molar-refractivity contribution in [1.29, 1.82) is 0 Å². The number of carboxylic acids is 1. The number of rotatable bonds is 18. The van der Waals surface area contributed by atoms with Gasteiger partial charge in [0.15, 0.2) is 0 Å². The molecule has 204 valence electrons. The Labute approximate surface area is 221 Å². The van der Waals surface area contributed by atoms with Crippen LogP contribution in [0.5, 0.6) is 17.2 Å². The van der Waals surface area contributed by atoms with Gasteiger partial charge < -0.3 is 24.6 Å². The molecule has 0 aliphatic carbocycles. The average Bonchev–Trinajstić information content (AvgIpc) is 2.91. The Balaban J connectivity index is 2.18. The van der Waals surface area contributed by atoms with Crippen molar-refractivity contribution in [3.63, 3.8) is 0 Å². The van der Waals surface area contributed by atoms with E-state index in [1.807, 2.05) is 18.2 Å². The Kier molecular flexibility index (Phi) is 13.4. The lowest BCUT2D eigenvalue weighted by atomic mass is 9.81. The fourth-order valence-corrected chi connectivity index (χ4v) is 4.66. The van der Waals surface area contributed by atoms with Crippen molar-refractivity contribution in [1.82, 2.24) is 0 Å². The quantitative estimate of drug-likeness (QED) is 0.207. The number of anilines is 1. The van der Waals surface area contributed by atoms with E-state index in [1.54, 1.807) is 24.3 Å². The SMILES string of the molecule is CCCCCCCCCCCC(C(=O)O)C(C(=O)Nc1c(OC)cc(OC)cc1OC)c1ccccc1. The zero-order valence-electron chi connectivity index (χ0n) is 22.8. The summed E-state index contributed by atoms with van der Waals surface area (Å²) in [5, 5.41) is 13.1. The van der Waals surface area contributed by atoms with Gasteiger partial charge in [-0.3, -0.25) is 9.59 Å². The number of carbonyl (C=O) groups is 2. The Morgan fingerprint density at radius 1 is 0.811 bits per heavy atom. The Morgan fingerprint density at radius 3 is 1.84 bits per heavy atom. The lowest BCUT2D eigenvalue weighted by molar-refractivity contribution is -0.144. The Hall–Kier alpha value is -3.22. The molecule has 0 saturated heterocycles. The van der Waals surface area contributed by atoms with Gasteiger partial charge in [-0.2, -0.15) is 0 Å². The third kappa shape index (κ3) is 9.30. The van der Waals surface area contributed by atoms with Gasteiger partial charge in [-0.15, -0.1) is 0 Å². The molecule has 2 atom stereocenters. The molecular formula is C30H43NO6. The van der Waals surface area contributed by atoms with E-state index in [9.17, 15) is 14.7 Å². The van der Waals surface area contributed by atoms with Gasteiger partial charge in [0.2, 0.25) is 5.91 Å². The first-order chi connectivity index (χ1) is 18.0. The van der Waals surface area contributed by atoms with Gasteiger partial charge in [-0.05, 0) is 12.0 Å². The highest BCUT2D eigenvalue weighted by atomic mass is 16.5. The minimum Gasteiger partial charge on any atom is -0.496 e. The highest BCUT2D eigenvalue weighted by Gasteiger charge is 2.35. The van der Waals surface area contributed by atoms with Crippen molar-refractivity contribution in [3.05, 3.63) is 48.0 Å². The van der Waals surface area contributed by atoms with Crippen LogP contribution in [0, 0.1) is 5.92 Å². The molecule has 0 saturated carbocycles. The first kappa shape index (κ1) is 30.0. The summed E-state index contributed by atoms with van der Waals surface area (Å²) in [7, 11) is 4.51. The summed E-state index contributed by atoms with van der Waals surface area (Å²) in [6.07, 6.45) is 10.7. The molecule has 0 fully saturated rings. The van der Waals surface area contributed by atoms with Gasteiger partial charge >= 0.3 is 5.97 Å². The van der Waals surface area contributed by atoms with E-state index < -0.39 is 23.7 Å². The number of hydrogen-bond donors (Lipinski definition) is 2. The third-order valence-electron chi connectivity index (χ3n) is 6.74. The molecule has 37 heavy (non-hydrogen) atoms. The highest BCUT2D eigenvalue weighted by Crippen LogP contribution is 2.40. The van der Waals surface area contributed by atoms with E-state index >= 15 is 0 Å². The summed E-state index contributed by atoms with van der Waals surface area (Å²) in [4.78, 5) is 26.1. The average molecular weight is 514 g/mol. The predicted molar refractivity (Wildman–Crippen MR) is 147 cm³/mol. The topological polar surface area (TPSA) is 94.1 Å². The van der Waals surface area contributed by atoms with E-state index in [0.717, 1.165) is 19.3 Å². The molecule has 0 radical (unpaired) electrons. The summed E-state index contributed by atoms with van der Waals surface area (Å²) in [6.45, 7) is 2.21. The van der Waals surface area contributed by atoms with E-state index in [1.165, 1.54) is 59.9 Å². The number of carbonyl (C=O) groups excluding carboxylic acids is 1. The monoisotopic (exact) mass is 513 g/mol. The summed E-state index contributed by atoms with van der Waals surface area (Å²) >= 11 is 0. The zero-order valence-corrected chi connectivity index (χ0v) is 22.8. The van der Waals surface area contributed by atoms with Crippen molar-refractivity contribution < 1.29 is 28.9 Å². The second kappa shape index (κ2) is 16.5. The summed E-state index contributed by atoms with van der Waals surface area (Å²) < 4.78 is 16.2. The van der Waals surface area contributed by atoms with Gasteiger partial charge in [0.05, 0.1) is 33.2 Å². The molecule has 0 aliphatic heterocycles. The smallest absolute Gasteiger partial charge is 0.307 e. The van der Waals surface area contributed by atoms with Crippen LogP contribution in [0.4, 0.5) is 5.69 Å². The fraction of sp³-hybridized carbons (Fsp3) is 0.533. The van der Waals surface area contributed by atoms with Crippen LogP contribution in [0.15, 0.2) is 42.5 Å². The second-order valence-corrected chi connectivity index (χ2v) is 9.35. The van der Waals surface area contributed by atoms with Gasteiger partial charge in [0.1, 0.15) is 22.9 Å². The molecule has 0 heterocycles. The largest absolute Gasteiger partial charge is 0.496 e. The van der Waals surface area contributed by atoms with Crippen LogP contribution in [0.25, 0.3) is 0 Å². The van der Waals surface area contributed by atoms with E-state index in [-0.39, 0.29) is 0 Å². The van der Waals surface area contributed by atoms with Crippen LogP contribution in [0.2, 0.25) is 0 Å². The third-order valence-corrected chi connectivity index (χ3v) is 6.74. The molecule has 2 aromatic rings. The normalized spacial score (nSPS) is 12.4. The van der Waals surface area contributed by atoms with Crippen LogP contribution in [-0.2, 0) is 9.59 Å². The number of unbranched alkanes of at least 4 members (excludes halogenated alkanes) is 8. The maximum atomic E-state index is 13.7. The van der Waals surface area contributed by atoms with E-state index in [4.69, 9.17) is 14.2 Å². The van der Waals surface area contributed by atoms with Crippen molar-refractivity contribution in [3.8, 4) is 17.2 Å². The number of carboxylic acid groups (broad SMARTS) is 1. The Bertz CT molecular complexity index is 937. The summed E-state index contributed by atoms with van der Waals surface area (Å²) in [5.74, 6) is -1.88. The number of benzene rings is 2. The maximum Gasteiger partial charge on any atom is 0.307 e. The molecule has 0 aromatic heterocycles. The number of ether oxygens (including phenoxy) is 3. The second-order valence-electron chi connectivity index (χ2n) is 9.35. The van der Waals surface area contributed by atoms with Crippen LogP contribution >= 0.6 is 0 Å². The van der Waals surface area contributed by atoms with Crippen molar-refractivity contribution >= 4 is 17.6 Å². The number of methoxy groups -OCH3 is 3. The first-order valence-electron chi connectivity index (χ1n) is 13.3. The molecule has 2 N–H and O–H groups in total. The number of amides is 1. The van der Waals surface area contributed by atoms with E-state index in [2.05, 4.69) is 12.2 Å². The molecule has 2 aromatic carbocycles. The molecule has 0 aliphatic rings. The molecule has 0 bridgehead atoms. The van der Waals surface area contributed by atoms with Gasteiger partial charge in [-0.25, -0.2) is 0 Å². The Morgan fingerprint density at radius 2 is 1.35 bits per heavy atom. The zero-order chi connectivity index (χ0) is 27.0. The van der Waals surface area contributed by atoms with Crippen molar-refractivity contribution in [2.24, 2.45) is 5.92 Å². The lowest BCUT2D eigenvalue weighted by Gasteiger charge is -2.25. The molecule has 7 heteroatoms. The standard InChI is InChI=1S/C30H43NO6/c1-5-6-7-8-9-10-11-12-16-19-24(30(33)34)27(22-17-14-13-15-18-22)29(32)31-28-25(36-3)20-23(35-2)21-26(28)37-4/h13-15,17-18,20-21,24,27H,5-12,16,19H2,1-4H3,(H,31,32)(H,33,34). The summed E-state index contributed by atoms with van der Waals surface area (Å²) in [6, 6.07) is 12.4. The van der Waals surface area contributed by atoms with Gasteiger partial charge in [0.25, 0.3) is 0 Å². The number of nitrogens with one attached hydrogen (secondary N) is 1. The predicted octanol–water partition coefficient (Wildman–Crippen LogP) is 7.06. The van der Waals surface area contributed by atoms with Crippen molar-refractivity contribution in [2.45, 2.75) is 77.0 Å². The first-order valence-corrected chi connectivity index (χ1v) is 13.3. The van der Waals surface area contributed by atoms with Crippen molar-refractivity contribution in [2.75, 3.05) is 26.6 Å². The fourth-order valence-electron chi connectivity index (χ4n) is 4.66. The van der Waals surface area contributed by atoms with Crippen LogP contribution < -0.4 is 19.5 Å². The number of aliphatic carboxylic acids is 1. The lowest BCUT2D eigenvalue weighted by Crippen LogP contribution is -2.32. The van der Waals surface area contributed by atoms with E-state index in [0.29, 0.717) is 34.9 Å². The highest BCUT2D eigenvalue weighted by molar-refractivity contribution is 6.00. The van der Waals surface area contributed by atoms with Gasteiger partial charge in [0, 0.05) is 12.1 Å².